The van der Waals surface area contributed by atoms with Crippen molar-refractivity contribution in [1.82, 2.24) is 5.01 Å². The highest BCUT2D eigenvalue weighted by Crippen LogP contribution is 2.09. The minimum atomic E-state index is -0.481. The first-order valence-corrected chi connectivity index (χ1v) is 5.61. The molecule has 0 radical (unpaired) electrons. The summed E-state index contributed by atoms with van der Waals surface area (Å²) in [6.07, 6.45) is 1.48. The van der Waals surface area contributed by atoms with Gasteiger partial charge < -0.3 is 4.74 Å². The molecule has 0 saturated carbocycles. The average molecular weight is 247 g/mol. The summed E-state index contributed by atoms with van der Waals surface area (Å²) in [5, 5.41) is 4.53. The van der Waals surface area contributed by atoms with Gasteiger partial charge in [-0.1, -0.05) is 27.2 Å². The van der Waals surface area contributed by atoms with Crippen molar-refractivity contribution in [2.45, 2.75) is 39.8 Å². The third-order valence-electron chi connectivity index (χ3n) is 1.82. The fourth-order valence-corrected chi connectivity index (χ4v) is 1.12. The van der Waals surface area contributed by atoms with Crippen LogP contribution in [0.15, 0.2) is 10.1 Å². The van der Waals surface area contributed by atoms with Crippen molar-refractivity contribution in [3.8, 4) is 0 Å². The number of carbonyl (C=O) groups is 1. The zero-order chi connectivity index (χ0) is 13.7. The molecule has 0 aliphatic heterocycles. The zero-order valence-corrected chi connectivity index (χ0v) is 11.2. The standard InChI is InChI=1S/C9H16FN3O2.C2H6/c1-4-5-9(15-3)13(12-7-10)8(6-14)11-2;1-2/h6-7,9H,4-5H2,1-3H3;1-2H3/b11-8?,12-7+;. The summed E-state index contributed by atoms with van der Waals surface area (Å²) in [7, 11) is 2.91. The van der Waals surface area contributed by atoms with Gasteiger partial charge in [-0.15, -0.1) is 5.10 Å². The third-order valence-corrected chi connectivity index (χ3v) is 1.82. The molecule has 1 unspecified atom stereocenters. The Bertz CT molecular complexity index is 245. The van der Waals surface area contributed by atoms with Crippen molar-refractivity contribution < 1.29 is 13.9 Å². The molecule has 0 heterocycles. The van der Waals surface area contributed by atoms with Gasteiger partial charge in [0.25, 0.3) is 0 Å². The number of methoxy groups -OCH3 is 1. The molecule has 100 valence electrons. The fourth-order valence-electron chi connectivity index (χ4n) is 1.12. The molecule has 0 aromatic heterocycles. The lowest BCUT2D eigenvalue weighted by Gasteiger charge is -2.25. The highest BCUT2D eigenvalue weighted by molar-refractivity contribution is 6.26. The monoisotopic (exact) mass is 247 g/mol. The molecule has 0 bridgehead atoms. The van der Waals surface area contributed by atoms with Crippen LogP contribution in [0.2, 0.25) is 0 Å². The number of carbonyl (C=O) groups excluding carboxylic acids is 1. The topological polar surface area (TPSA) is 54.3 Å². The molecule has 6 heteroatoms. The van der Waals surface area contributed by atoms with Gasteiger partial charge in [0.05, 0.1) is 0 Å². The van der Waals surface area contributed by atoms with Crippen LogP contribution in [0.5, 0.6) is 0 Å². The first kappa shape index (κ1) is 18.1. The second-order valence-corrected chi connectivity index (χ2v) is 2.74. The normalized spacial score (nSPS) is 12.9. The van der Waals surface area contributed by atoms with Crippen molar-refractivity contribution in [2.75, 3.05) is 14.2 Å². The maximum atomic E-state index is 12.1. The summed E-state index contributed by atoms with van der Waals surface area (Å²) in [6, 6.07) is 0. The van der Waals surface area contributed by atoms with Crippen LogP contribution in [0.1, 0.15) is 33.6 Å². The van der Waals surface area contributed by atoms with Gasteiger partial charge in [-0.25, -0.2) is 5.01 Å². The van der Waals surface area contributed by atoms with Crippen LogP contribution in [-0.2, 0) is 9.53 Å². The second kappa shape index (κ2) is 12.8. The zero-order valence-electron chi connectivity index (χ0n) is 11.2. The van der Waals surface area contributed by atoms with Crippen LogP contribution in [-0.4, -0.2) is 44.0 Å². The number of ether oxygens (including phenoxy) is 1. The van der Waals surface area contributed by atoms with E-state index in [4.69, 9.17) is 4.74 Å². The van der Waals surface area contributed by atoms with E-state index in [0.717, 1.165) is 11.4 Å². The summed E-state index contributed by atoms with van der Waals surface area (Å²) in [5.41, 5.74) is 0. The van der Waals surface area contributed by atoms with Crippen LogP contribution in [0.25, 0.3) is 0 Å². The molecule has 0 N–H and O–H groups in total. The number of halogens is 1. The molecule has 0 amide bonds. The van der Waals surface area contributed by atoms with Crippen LogP contribution < -0.4 is 0 Å². The van der Waals surface area contributed by atoms with Gasteiger partial charge in [0.1, 0.15) is 0 Å². The van der Waals surface area contributed by atoms with E-state index in [1.54, 1.807) is 0 Å². The lowest BCUT2D eigenvalue weighted by atomic mass is 10.3. The van der Waals surface area contributed by atoms with Gasteiger partial charge in [-0.2, -0.15) is 4.39 Å². The summed E-state index contributed by atoms with van der Waals surface area (Å²) in [6.45, 7) is 6.06. The van der Waals surface area contributed by atoms with E-state index in [2.05, 4.69) is 10.1 Å². The first-order chi connectivity index (χ1) is 8.24. The predicted molar refractivity (Wildman–Crippen MR) is 67.9 cm³/mol. The van der Waals surface area contributed by atoms with Crippen molar-refractivity contribution in [1.29, 1.82) is 0 Å². The largest absolute Gasteiger partial charge is 0.360 e. The summed E-state index contributed by atoms with van der Waals surface area (Å²) < 4.78 is 17.1. The smallest absolute Gasteiger partial charge is 0.195 e. The van der Waals surface area contributed by atoms with E-state index >= 15 is 0 Å². The average Bonchev–Trinajstić information content (AvgIpc) is 2.39. The van der Waals surface area contributed by atoms with Gasteiger partial charge in [-0.05, 0) is 6.42 Å². The Morgan fingerprint density at radius 1 is 1.53 bits per heavy atom. The van der Waals surface area contributed by atoms with Crippen molar-refractivity contribution in [3.63, 3.8) is 0 Å². The van der Waals surface area contributed by atoms with Gasteiger partial charge in [0, 0.05) is 14.2 Å². The Labute approximate surface area is 102 Å². The molecule has 0 fully saturated rings. The Morgan fingerprint density at radius 3 is 2.41 bits per heavy atom. The molecule has 1 atom stereocenters. The molecule has 0 spiro atoms. The van der Waals surface area contributed by atoms with E-state index in [-0.39, 0.29) is 12.3 Å². The van der Waals surface area contributed by atoms with E-state index < -0.39 is 6.23 Å². The van der Waals surface area contributed by atoms with E-state index in [1.165, 1.54) is 14.2 Å². The molecule has 0 aromatic carbocycles. The molecule has 0 saturated heterocycles. The lowest BCUT2D eigenvalue weighted by Crippen LogP contribution is -2.38. The van der Waals surface area contributed by atoms with Crippen molar-refractivity contribution >= 4 is 18.6 Å². The number of amidine groups is 1. The molecule has 0 aliphatic carbocycles. The predicted octanol–water partition coefficient (Wildman–Crippen LogP) is 2.23. The maximum absolute atomic E-state index is 12.1. The van der Waals surface area contributed by atoms with E-state index in [0.29, 0.717) is 12.7 Å². The Kier molecular flexibility index (Phi) is 13.6. The lowest BCUT2D eigenvalue weighted by molar-refractivity contribution is -0.104. The van der Waals surface area contributed by atoms with E-state index in [1.807, 2.05) is 20.8 Å². The van der Waals surface area contributed by atoms with Gasteiger partial charge >= 0.3 is 0 Å². The minimum absolute atomic E-state index is 0.0317. The van der Waals surface area contributed by atoms with Crippen LogP contribution in [0.4, 0.5) is 4.39 Å². The first-order valence-electron chi connectivity index (χ1n) is 5.61. The molecule has 17 heavy (non-hydrogen) atoms. The molecule has 0 aliphatic rings. The molecule has 0 aromatic rings. The molecular formula is C11H22FN3O2. The second-order valence-electron chi connectivity index (χ2n) is 2.74. The fraction of sp³-hybridized carbons (Fsp3) is 0.727. The third kappa shape index (κ3) is 6.78. The number of aliphatic imine (C=N–C) groups is 1. The molecule has 5 nitrogen and oxygen atoms in total. The highest BCUT2D eigenvalue weighted by atomic mass is 19.1. The highest BCUT2D eigenvalue weighted by Gasteiger charge is 2.19. The number of hydrogen-bond acceptors (Lipinski definition) is 4. The number of hydrogen-bond donors (Lipinski definition) is 0. The summed E-state index contributed by atoms with van der Waals surface area (Å²) in [5.74, 6) is 0.0317. The van der Waals surface area contributed by atoms with E-state index in [9.17, 15) is 9.18 Å². The molecular weight excluding hydrogens is 225 g/mol. The number of nitrogens with zero attached hydrogens (tertiary/aromatic N) is 3. The van der Waals surface area contributed by atoms with Crippen molar-refractivity contribution in [2.24, 2.45) is 10.1 Å². The number of hydrazone groups is 1. The number of aldehydes is 1. The Morgan fingerprint density at radius 2 is 2.12 bits per heavy atom. The summed E-state index contributed by atoms with van der Waals surface area (Å²) in [4.78, 5) is 14.3. The van der Waals surface area contributed by atoms with Crippen LogP contribution in [0.3, 0.4) is 0 Å². The molecule has 0 rings (SSSR count). The van der Waals surface area contributed by atoms with Gasteiger partial charge in [-0.3, -0.25) is 9.79 Å². The Balaban J connectivity index is 0. The van der Waals surface area contributed by atoms with Gasteiger partial charge in [0.2, 0.25) is 0 Å². The Hall–Kier alpha value is -1.30. The van der Waals surface area contributed by atoms with Gasteiger partial charge in [0.15, 0.2) is 24.8 Å². The minimum Gasteiger partial charge on any atom is -0.360 e. The number of rotatable bonds is 6. The quantitative estimate of drug-likeness (QED) is 0.238. The van der Waals surface area contributed by atoms with Crippen LogP contribution in [0, 0.1) is 0 Å². The van der Waals surface area contributed by atoms with Crippen LogP contribution >= 0.6 is 0 Å². The van der Waals surface area contributed by atoms with Crippen molar-refractivity contribution in [3.05, 3.63) is 0 Å². The SMILES string of the molecule is CC.CCCC(OC)N(/N=C/F)C(C=O)=NC. The summed E-state index contributed by atoms with van der Waals surface area (Å²) >= 11 is 0. The maximum Gasteiger partial charge on any atom is 0.195 e.